The lowest BCUT2D eigenvalue weighted by atomic mass is 10.2. The SMILES string of the molecule is O=C(NCc1nncn1-c1ccccc1)Nc1cccc(C2SCCS2)c1. The maximum atomic E-state index is 12.3. The van der Waals surface area contributed by atoms with E-state index in [0.29, 0.717) is 10.4 Å². The van der Waals surface area contributed by atoms with Crippen LogP contribution in [0.3, 0.4) is 0 Å². The smallest absolute Gasteiger partial charge is 0.319 e. The van der Waals surface area contributed by atoms with Gasteiger partial charge in [0.15, 0.2) is 5.82 Å². The van der Waals surface area contributed by atoms with Crippen molar-refractivity contribution in [2.45, 2.75) is 11.1 Å². The minimum atomic E-state index is -0.263. The van der Waals surface area contributed by atoms with E-state index in [2.05, 4.69) is 26.9 Å². The maximum Gasteiger partial charge on any atom is 0.319 e. The molecule has 4 rings (SSSR count). The molecule has 3 aromatic rings. The van der Waals surface area contributed by atoms with Gasteiger partial charge in [0.1, 0.15) is 6.33 Å². The highest BCUT2D eigenvalue weighted by Gasteiger charge is 2.18. The minimum absolute atomic E-state index is 0.263. The highest BCUT2D eigenvalue weighted by atomic mass is 32.2. The van der Waals surface area contributed by atoms with Gasteiger partial charge in [-0.3, -0.25) is 4.57 Å². The number of nitrogens with zero attached hydrogens (tertiary/aromatic N) is 3. The summed E-state index contributed by atoms with van der Waals surface area (Å²) in [4.78, 5) is 12.3. The number of hydrogen-bond donors (Lipinski definition) is 2. The molecular formula is C19H19N5OS2. The number of anilines is 1. The van der Waals surface area contributed by atoms with Crippen molar-refractivity contribution >= 4 is 35.2 Å². The van der Waals surface area contributed by atoms with Gasteiger partial charge >= 0.3 is 6.03 Å². The van der Waals surface area contributed by atoms with Gasteiger partial charge in [-0.25, -0.2) is 4.79 Å². The molecule has 1 fully saturated rings. The highest BCUT2D eigenvalue weighted by Crippen LogP contribution is 2.45. The normalized spacial score (nSPS) is 14.2. The van der Waals surface area contributed by atoms with E-state index in [1.807, 2.05) is 76.6 Å². The quantitative estimate of drug-likeness (QED) is 0.679. The second-order valence-electron chi connectivity index (χ2n) is 5.96. The minimum Gasteiger partial charge on any atom is -0.331 e. The Labute approximate surface area is 166 Å². The third-order valence-electron chi connectivity index (χ3n) is 4.10. The summed E-state index contributed by atoms with van der Waals surface area (Å²) in [5.41, 5.74) is 2.99. The molecule has 138 valence electrons. The number of amides is 2. The number of rotatable bonds is 5. The summed E-state index contributed by atoms with van der Waals surface area (Å²) >= 11 is 3.90. The van der Waals surface area contributed by atoms with Crippen LogP contribution < -0.4 is 10.6 Å². The number of carbonyl (C=O) groups excluding carboxylic acids is 1. The van der Waals surface area contributed by atoms with Gasteiger partial charge in [0.2, 0.25) is 0 Å². The lowest BCUT2D eigenvalue weighted by Crippen LogP contribution is -2.29. The van der Waals surface area contributed by atoms with E-state index in [1.165, 1.54) is 17.1 Å². The predicted octanol–water partition coefficient (Wildman–Crippen LogP) is 4.07. The Balaban J connectivity index is 1.37. The van der Waals surface area contributed by atoms with E-state index in [1.54, 1.807) is 6.33 Å². The Bertz CT molecular complexity index is 909. The molecule has 0 saturated carbocycles. The first-order valence-corrected chi connectivity index (χ1v) is 10.7. The molecule has 0 radical (unpaired) electrons. The molecular weight excluding hydrogens is 378 g/mol. The van der Waals surface area contributed by atoms with Crippen LogP contribution in [0.1, 0.15) is 16.0 Å². The van der Waals surface area contributed by atoms with E-state index in [9.17, 15) is 4.79 Å². The van der Waals surface area contributed by atoms with Gasteiger partial charge in [0.05, 0.1) is 11.1 Å². The molecule has 27 heavy (non-hydrogen) atoms. The topological polar surface area (TPSA) is 71.8 Å². The van der Waals surface area contributed by atoms with Crippen molar-refractivity contribution < 1.29 is 4.79 Å². The van der Waals surface area contributed by atoms with E-state index >= 15 is 0 Å². The predicted molar refractivity (Wildman–Crippen MR) is 111 cm³/mol. The molecule has 0 unspecified atom stereocenters. The highest BCUT2D eigenvalue weighted by molar-refractivity contribution is 8.19. The van der Waals surface area contributed by atoms with Gasteiger partial charge < -0.3 is 10.6 Å². The van der Waals surface area contributed by atoms with Gasteiger partial charge in [-0.1, -0.05) is 30.3 Å². The molecule has 1 aromatic heterocycles. The van der Waals surface area contributed by atoms with Crippen molar-refractivity contribution in [2.24, 2.45) is 0 Å². The number of urea groups is 1. The molecule has 6 nitrogen and oxygen atoms in total. The van der Waals surface area contributed by atoms with Crippen molar-refractivity contribution in [3.05, 3.63) is 72.3 Å². The van der Waals surface area contributed by atoms with E-state index in [-0.39, 0.29) is 12.6 Å². The average molecular weight is 398 g/mol. The Hall–Kier alpha value is -2.45. The largest absolute Gasteiger partial charge is 0.331 e. The number of nitrogens with one attached hydrogen (secondary N) is 2. The maximum absolute atomic E-state index is 12.3. The van der Waals surface area contributed by atoms with Gasteiger partial charge in [0, 0.05) is 22.9 Å². The zero-order valence-electron chi connectivity index (χ0n) is 14.5. The number of carbonyl (C=O) groups is 1. The molecule has 1 aliphatic rings. The van der Waals surface area contributed by atoms with Crippen LogP contribution in [0.2, 0.25) is 0 Å². The van der Waals surface area contributed by atoms with Gasteiger partial charge in [-0.05, 0) is 29.8 Å². The van der Waals surface area contributed by atoms with Crippen LogP contribution in [0.25, 0.3) is 5.69 Å². The lowest BCUT2D eigenvalue weighted by Gasteiger charge is -2.12. The Morgan fingerprint density at radius 3 is 2.74 bits per heavy atom. The lowest BCUT2D eigenvalue weighted by molar-refractivity contribution is 0.251. The molecule has 2 amide bonds. The molecule has 8 heteroatoms. The third-order valence-corrected chi connectivity index (χ3v) is 7.20. The van der Waals surface area contributed by atoms with Crippen LogP contribution in [-0.2, 0) is 6.54 Å². The first-order valence-electron chi connectivity index (χ1n) is 8.62. The summed E-state index contributed by atoms with van der Waals surface area (Å²) in [5.74, 6) is 3.02. The summed E-state index contributed by atoms with van der Waals surface area (Å²) in [7, 11) is 0. The summed E-state index contributed by atoms with van der Waals surface area (Å²) in [6, 6.07) is 17.6. The zero-order chi connectivity index (χ0) is 18.5. The Kier molecular flexibility index (Phi) is 5.64. The molecule has 1 saturated heterocycles. The van der Waals surface area contributed by atoms with Crippen molar-refractivity contribution in [1.29, 1.82) is 0 Å². The first-order chi connectivity index (χ1) is 13.3. The second-order valence-corrected chi connectivity index (χ2v) is 8.68. The fourth-order valence-corrected chi connectivity index (χ4v) is 5.67. The van der Waals surface area contributed by atoms with Gasteiger partial charge in [-0.2, -0.15) is 0 Å². The van der Waals surface area contributed by atoms with Crippen molar-refractivity contribution in [3.8, 4) is 5.69 Å². The molecule has 0 spiro atoms. The fraction of sp³-hybridized carbons (Fsp3) is 0.211. The van der Waals surface area contributed by atoms with Crippen molar-refractivity contribution in [3.63, 3.8) is 0 Å². The second kappa shape index (κ2) is 8.49. The Morgan fingerprint density at radius 1 is 1.11 bits per heavy atom. The summed E-state index contributed by atoms with van der Waals surface area (Å²) < 4.78 is 2.31. The van der Waals surface area contributed by atoms with E-state index < -0.39 is 0 Å². The number of hydrogen-bond acceptors (Lipinski definition) is 5. The molecule has 0 bridgehead atoms. The molecule has 0 aliphatic carbocycles. The zero-order valence-corrected chi connectivity index (χ0v) is 16.2. The van der Waals surface area contributed by atoms with Crippen molar-refractivity contribution in [1.82, 2.24) is 20.1 Å². The van der Waals surface area contributed by atoms with E-state index in [0.717, 1.165) is 11.4 Å². The monoisotopic (exact) mass is 397 g/mol. The molecule has 2 aromatic carbocycles. The summed E-state index contributed by atoms with van der Waals surface area (Å²) in [5, 5.41) is 13.8. The fourth-order valence-electron chi connectivity index (χ4n) is 2.83. The number of para-hydroxylation sites is 1. The van der Waals surface area contributed by atoms with E-state index in [4.69, 9.17) is 0 Å². The number of thioether (sulfide) groups is 2. The standard InChI is InChI=1S/C19H19N5OS2/c25-19(22-15-6-4-5-14(11-15)18-26-9-10-27-18)20-12-17-23-21-13-24(17)16-7-2-1-3-8-16/h1-8,11,13,18H,9-10,12H2,(H2,20,22,25). The first kappa shape index (κ1) is 17.9. The van der Waals surface area contributed by atoms with Crippen LogP contribution in [0.15, 0.2) is 60.9 Å². The number of aromatic nitrogens is 3. The van der Waals surface area contributed by atoms with Gasteiger partial charge in [0.25, 0.3) is 0 Å². The number of benzene rings is 2. The summed E-state index contributed by atoms with van der Waals surface area (Å²) in [6.45, 7) is 0.286. The molecule has 1 aliphatic heterocycles. The molecule has 2 heterocycles. The van der Waals surface area contributed by atoms with Crippen LogP contribution in [0, 0.1) is 0 Å². The van der Waals surface area contributed by atoms with Crippen molar-refractivity contribution in [2.75, 3.05) is 16.8 Å². The van der Waals surface area contributed by atoms with Gasteiger partial charge in [-0.15, -0.1) is 33.7 Å². The van der Waals surface area contributed by atoms with Crippen LogP contribution >= 0.6 is 23.5 Å². The van der Waals surface area contributed by atoms with Crippen LogP contribution in [0.4, 0.5) is 10.5 Å². The average Bonchev–Trinajstić information content (AvgIpc) is 3.39. The Morgan fingerprint density at radius 2 is 1.93 bits per heavy atom. The van der Waals surface area contributed by atoms with Crippen LogP contribution in [-0.4, -0.2) is 32.3 Å². The van der Waals surface area contributed by atoms with Crippen LogP contribution in [0.5, 0.6) is 0 Å². The third kappa shape index (κ3) is 4.45. The molecule has 2 N–H and O–H groups in total. The summed E-state index contributed by atoms with van der Waals surface area (Å²) in [6.07, 6.45) is 1.64. The molecule has 0 atom stereocenters.